The molecule has 8 nitrogen and oxygen atoms in total. The van der Waals surface area contributed by atoms with Gasteiger partial charge >= 0.3 is 6.18 Å². The molecule has 2 saturated heterocycles. The van der Waals surface area contributed by atoms with Crippen molar-refractivity contribution in [2.75, 3.05) is 44.7 Å². The second kappa shape index (κ2) is 11.6. The van der Waals surface area contributed by atoms with Crippen LogP contribution in [0.25, 0.3) is 10.9 Å². The lowest BCUT2D eigenvalue weighted by molar-refractivity contribution is -0.145. The predicted molar refractivity (Wildman–Crippen MR) is 144 cm³/mol. The number of alkyl halides is 5. The van der Waals surface area contributed by atoms with Crippen LogP contribution in [0, 0.1) is 0 Å². The number of hydrogen-bond acceptors (Lipinski definition) is 7. The molecule has 0 radical (unpaired) electrons. The van der Waals surface area contributed by atoms with Crippen molar-refractivity contribution >= 4 is 34.2 Å². The van der Waals surface area contributed by atoms with Crippen LogP contribution >= 0.6 is 11.6 Å². The van der Waals surface area contributed by atoms with E-state index in [9.17, 15) is 26.7 Å². The maximum atomic E-state index is 13.8. The van der Waals surface area contributed by atoms with Crippen LogP contribution in [0.5, 0.6) is 0 Å². The van der Waals surface area contributed by atoms with E-state index in [2.05, 4.69) is 25.5 Å². The number of fused-ring (bicyclic) bond motifs is 1. The molecule has 220 valence electrons. The first-order chi connectivity index (χ1) is 19.4. The topological polar surface area (TPSA) is 86.3 Å². The minimum atomic E-state index is -4.72. The Morgan fingerprint density at radius 3 is 2.46 bits per heavy atom. The van der Waals surface area contributed by atoms with Gasteiger partial charge in [0, 0.05) is 75.0 Å². The van der Waals surface area contributed by atoms with Gasteiger partial charge < -0.3 is 15.5 Å². The van der Waals surface area contributed by atoms with Crippen molar-refractivity contribution in [1.82, 2.24) is 30.5 Å². The van der Waals surface area contributed by atoms with Gasteiger partial charge in [0.15, 0.2) is 0 Å². The number of anilines is 1. The van der Waals surface area contributed by atoms with Crippen LogP contribution in [0.4, 0.5) is 27.8 Å². The fraction of sp³-hybridized carbons (Fsp3) is 0.481. The molecule has 2 fully saturated rings. The molecule has 0 saturated carbocycles. The Labute approximate surface area is 238 Å². The fourth-order valence-electron chi connectivity index (χ4n) is 5.33. The molecule has 5 rings (SSSR count). The van der Waals surface area contributed by atoms with Crippen molar-refractivity contribution in [2.24, 2.45) is 0 Å². The van der Waals surface area contributed by atoms with Crippen LogP contribution in [-0.4, -0.2) is 77.5 Å². The molecular formula is C27H29ClF5N7O. The van der Waals surface area contributed by atoms with Gasteiger partial charge in [-0.1, -0.05) is 11.6 Å². The maximum absolute atomic E-state index is 13.8. The standard InChI is InChI=1S/C27H29ClF5N7O/c1-34-17-6-9-40(15-17)22-5-2-18-20(38-22)4-3-19(28)23(18)24(41)35-14-21(39-10-7-26(29,30)8-11-39)16-12-36-25(37-13-16)27(31,32)33/h2-5,12-13,17,21,34H,6-11,14-15H2,1H3,(H,35,41)/t17-,21?/m0/s1. The molecule has 0 bridgehead atoms. The Balaban J connectivity index is 1.38. The summed E-state index contributed by atoms with van der Waals surface area (Å²) in [4.78, 5) is 28.9. The van der Waals surface area contributed by atoms with Gasteiger partial charge in [-0.3, -0.25) is 9.69 Å². The van der Waals surface area contributed by atoms with Crippen LogP contribution in [0.15, 0.2) is 36.7 Å². The molecule has 1 unspecified atom stereocenters. The van der Waals surface area contributed by atoms with E-state index >= 15 is 0 Å². The number of rotatable bonds is 7. The van der Waals surface area contributed by atoms with E-state index in [1.165, 1.54) is 0 Å². The van der Waals surface area contributed by atoms with Gasteiger partial charge in [-0.05, 0) is 37.7 Å². The molecule has 1 amide bonds. The Morgan fingerprint density at radius 1 is 1.12 bits per heavy atom. The summed E-state index contributed by atoms with van der Waals surface area (Å²) in [5.41, 5.74) is 1.05. The van der Waals surface area contributed by atoms with Crippen LogP contribution in [0.2, 0.25) is 5.02 Å². The van der Waals surface area contributed by atoms with Crippen LogP contribution in [0.1, 0.15) is 47.1 Å². The molecule has 3 aromatic rings. The first-order valence-corrected chi connectivity index (χ1v) is 13.6. The van der Waals surface area contributed by atoms with Crippen molar-refractivity contribution in [3.63, 3.8) is 0 Å². The maximum Gasteiger partial charge on any atom is 0.451 e. The quantitative estimate of drug-likeness (QED) is 0.382. The number of halogens is 6. The van der Waals surface area contributed by atoms with Crippen molar-refractivity contribution in [3.05, 3.63) is 58.6 Å². The van der Waals surface area contributed by atoms with Crippen LogP contribution in [0.3, 0.4) is 0 Å². The van der Waals surface area contributed by atoms with Gasteiger partial charge in [0.05, 0.1) is 22.1 Å². The normalized spacial score (nSPS) is 20.4. The summed E-state index contributed by atoms with van der Waals surface area (Å²) in [6.07, 6.45) is -2.51. The van der Waals surface area contributed by atoms with Gasteiger partial charge in [0.2, 0.25) is 5.82 Å². The van der Waals surface area contributed by atoms with E-state index in [4.69, 9.17) is 16.6 Å². The summed E-state index contributed by atoms with van der Waals surface area (Å²) in [6, 6.07) is 6.59. The lowest BCUT2D eigenvalue weighted by Crippen LogP contribution is -2.45. The summed E-state index contributed by atoms with van der Waals surface area (Å²) in [5, 5.41) is 6.80. The number of nitrogens with one attached hydrogen (secondary N) is 2. The summed E-state index contributed by atoms with van der Waals surface area (Å²) >= 11 is 6.45. The number of hydrogen-bond donors (Lipinski definition) is 2. The van der Waals surface area contributed by atoms with E-state index in [0.717, 1.165) is 37.7 Å². The van der Waals surface area contributed by atoms with Crippen molar-refractivity contribution in [2.45, 2.75) is 43.4 Å². The lowest BCUT2D eigenvalue weighted by atomic mass is 10.0. The third-order valence-electron chi connectivity index (χ3n) is 7.69. The highest BCUT2D eigenvalue weighted by Crippen LogP contribution is 2.33. The summed E-state index contributed by atoms with van der Waals surface area (Å²) in [6.45, 7) is 1.55. The van der Waals surface area contributed by atoms with Gasteiger partial charge in [-0.2, -0.15) is 13.2 Å². The first-order valence-electron chi connectivity index (χ1n) is 13.3. The van der Waals surface area contributed by atoms with E-state index in [1.807, 2.05) is 13.1 Å². The summed E-state index contributed by atoms with van der Waals surface area (Å²) in [7, 11) is 1.92. The zero-order valence-corrected chi connectivity index (χ0v) is 22.9. The van der Waals surface area contributed by atoms with E-state index in [-0.39, 0.29) is 35.8 Å². The van der Waals surface area contributed by atoms with Gasteiger partial charge in [-0.15, -0.1) is 0 Å². The highest BCUT2D eigenvalue weighted by molar-refractivity contribution is 6.35. The minimum absolute atomic E-state index is 0.0127. The summed E-state index contributed by atoms with van der Waals surface area (Å²) < 4.78 is 66.7. The molecule has 0 aliphatic carbocycles. The third-order valence-corrected chi connectivity index (χ3v) is 8.00. The molecular weight excluding hydrogens is 569 g/mol. The number of carbonyl (C=O) groups excluding carboxylic acids is 1. The average molecular weight is 598 g/mol. The SMILES string of the molecule is CN[C@H]1CCN(c2ccc3c(C(=O)NCC(c4cnc(C(F)(F)F)nc4)N4CCC(F)(F)CC4)c(Cl)ccc3n2)C1. The molecule has 2 aliphatic rings. The van der Waals surface area contributed by atoms with Crippen molar-refractivity contribution < 1.29 is 26.7 Å². The molecule has 4 heterocycles. The Bertz CT molecular complexity index is 1400. The number of carbonyl (C=O) groups is 1. The van der Waals surface area contributed by atoms with Gasteiger partial charge in [-0.25, -0.2) is 23.7 Å². The zero-order valence-electron chi connectivity index (χ0n) is 22.2. The minimum Gasteiger partial charge on any atom is -0.355 e. The third kappa shape index (κ3) is 6.52. The highest BCUT2D eigenvalue weighted by atomic mass is 35.5. The number of pyridine rings is 1. The average Bonchev–Trinajstić information content (AvgIpc) is 3.43. The molecule has 2 aliphatic heterocycles. The molecule has 1 aromatic carbocycles. The largest absolute Gasteiger partial charge is 0.451 e. The summed E-state index contributed by atoms with van der Waals surface area (Å²) in [5.74, 6) is -3.87. The van der Waals surface area contributed by atoms with E-state index in [0.29, 0.717) is 16.9 Å². The Morgan fingerprint density at radius 2 is 1.83 bits per heavy atom. The Kier molecular flexibility index (Phi) is 8.31. The molecule has 2 N–H and O–H groups in total. The number of likely N-dealkylation sites (N-methyl/N-ethyl adjacent to an activating group) is 1. The number of amides is 1. The number of piperidine rings is 1. The molecule has 14 heteroatoms. The van der Waals surface area contributed by atoms with Crippen LogP contribution < -0.4 is 15.5 Å². The second-order valence-corrected chi connectivity index (χ2v) is 10.7. The van der Waals surface area contributed by atoms with E-state index < -0.39 is 42.7 Å². The lowest BCUT2D eigenvalue weighted by Gasteiger charge is -2.37. The number of likely N-dealkylation sites (tertiary alicyclic amines) is 1. The number of aromatic nitrogens is 3. The van der Waals surface area contributed by atoms with Crippen molar-refractivity contribution in [1.29, 1.82) is 0 Å². The monoisotopic (exact) mass is 597 g/mol. The van der Waals surface area contributed by atoms with Gasteiger partial charge in [0.25, 0.3) is 11.8 Å². The molecule has 2 aromatic heterocycles. The first kappa shape index (κ1) is 29.3. The molecule has 41 heavy (non-hydrogen) atoms. The number of nitrogens with zero attached hydrogens (tertiary/aromatic N) is 5. The molecule has 0 spiro atoms. The van der Waals surface area contributed by atoms with Crippen molar-refractivity contribution in [3.8, 4) is 0 Å². The fourth-order valence-corrected chi connectivity index (χ4v) is 5.58. The zero-order chi connectivity index (χ0) is 29.4. The predicted octanol–water partition coefficient (Wildman–Crippen LogP) is 4.70. The smallest absolute Gasteiger partial charge is 0.355 e. The van der Waals surface area contributed by atoms with E-state index in [1.54, 1.807) is 23.1 Å². The van der Waals surface area contributed by atoms with Crippen LogP contribution in [-0.2, 0) is 6.18 Å². The Hall–Kier alpha value is -3.16. The number of benzene rings is 1. The van der Waals surface area contributed by atoms with Gasteiger partial charge in [0.1, 0.15) is 5.82 Å². The molecule has 2 atom stereocenters. The second-order valence-electron chi connectivity index (χ2n) is 10.3. The highest BCUT2D eigenvalue weighted by Gasteiger charge is 2.38.